The number of hydrogen-bond acceptors (Lipinski definition) is 6. The number of piperidine rings is 1. The van der Waals surface area contributed by atoms with Crippen LogP contribution >= 0.6 is 11.3 Å². The molecule has 2 aliphatic heterocycles. The number of nitrogens with zero attached hydrogens (tertiary/aromatic N) is 3. The average Bonchev–Trinajstić information content (AvgIpc) is 3.54. The molecule has 0 bridgehead atoms. The van der Waals surface area contributed by atoms with E-state index in [4.69, 9.17) is 9.72 Å². The number of rotatable bonds is 6. The van der Waals surface area contributed by atoms with Crippen molar-refractivity contribution in [2.75, 3.05) is 31.1 Å². The van der Waals surface area contributed by atoms with Gasteiger partial charge in [0, 0.05) is 25.6 Å². The first-order valence-electron chi connectivity index (χ1n) is 12.4. The van der Waals surface area contributed by atoms with Gasteiger partial charge in [-0.25, -0.2) is 22.2 Å². The van der Waals surface area contributed by atoms with E-state index in [-0.39, 0.29) is 35.9 Å². The van der Waals surface area contributed by atoms with E-state index < -0.39 is 21.7 Å². The summed E-state index contributed by atoms with van der Waals surface area (Å²) >= 11 is 1.47. The number of thiazole rings is 1. The Labute approximate surface area is 219 Å². The second-order valence-electron chi connectivity index (χ2n) is 9.74. The summed E-state index contributed by atoms with van der Waals surface area (Å²) in [6.45, 7) is 5.39. The van der Waals surface area contributed by atoms with Crippen molar-refractivity contribution in [3.63, 3.8) is 0 Å². The highest BCUT2D eigenvalue weighted by Gasteiger charge is 2.36. The smallest absolute Gasteiger partial charge is 0.243 e. The SMILES string of the molecule is Cc1cc2nc(N(CC3CCCO3)C(=O)C3CCN(S(=O)(=O)c4ccc(F)c(F)c4)CC3)sc2cc1C. The fraction of sp³-hybridized carbons (Fsp3) is 0.462. The van der Waals surface area contributed by atoms with Gasteiger partial charge < -0.3 is 4.74 Å². The van der Waals surface area contributed by atoms with Crippen molar-refractivity contribution in [1.82, 2.24) is 9.29 Å². The van der Waals surface area contributed by atoms with Gasteiger partial charge in [-0.2, -0.15) is 4.31 Å². The quantitative estimate of drug-likeness (QED) is 0.441. The highest BCUT2D eigenvalue weighted by molar-refractivity contribution is 7.89. The van der Waals surface area contributed by atoms with Crippen molar-refractivity contribution in [3.8, 4) is 0 Å². The van der Waals surface area contributed by atoms with Gasteiger partial charge in [0.1, 0.15) is 0 Å². The molecule has 0 spiro atoms. The summed E-state index contributed by atoms with van der Waals surface area (Å²) in [5.41, 5.74) is 3.14. The zero-order valence-electron chi connectivity index (χ0n) is 20.7. The summed E-state index contributed by atoms with van der Waals surface area (Å²) < 4.78 is 61.0. The molecule has 3 heterocycles. The average molecular weight is 550 g/mol. The number of sulfonamides is 1. The monoisotopic (exact) mass is 549 g/mol. The third-order valence-corrected chi connectivity index (χ3v) is 10.2. The van der Waals surface area contributed by atoms with Crippen LogP contribution in [-0.2, 0) is 19.6 Å². The second kappa shape index (κ2) is 10.4. The number of halogens is 2. The van der Waals surface area contributed by atoms with Crippen LogP contribution in [0.15, 0.2) is 35.2 Å². The number of ether oxygens (including phenoxy) is 1. The van der Waals surface area contributed by atoms with Crippen molar-refractivity contribution in [2.45, 2.75) is 50.5 Å². The van der Waals surface area contributed by atoms with Crippen LogP contribution in [0.4, 0.5) is 13.9 Å². The van der Waals surface area contributed by atoms with Gasteiger partial charge in [0.25, 0.3) is 0 Å². The highest BCUT2D eigenvalue weighted by atomic mass is 32.2. The lowest BCUT2D eigenvalue weighted by Crippen LogP contribution is -2.46. The molecule has 5 rings (SSSR count). The van der Waals surface area contributed by atoms with E-state index in [1.165, 1.54) is 15.6 Å². The lowest BCUT2D eigenvalue weighted by Gasteiger charge is -2.33. The summed E-state index contributed by atoms with van der Waals surface area (Å²) in [6, 6.07) is 6.68. The van der Waals surface area contributed by atoms with Crippen molar-refractivity contribution in [2.24, 2.45) is 5.92 Å². The first kappa shape index (κ1) is 26.1. The molecule has 7 nitrogen and oxygen atoms in total. The summed E-state index contributed by atoms with van der Waals surface area (Å²) in [5, 5.41) is 0.623. The summed E-state index contributed by atoms with van der Waals surface area (Å²) in [6.07, 6.45) is 2.41. The lowest BCUT2D eigenvalue weighted by molar-refractivity contribution is -0.123. The van der Waals surface area contributed by atoms with Crippen LogP contribution in [0.3, 0.4) is 0 Å². The Balaban J connectivity index is 1.35. The zero-order chi connectivity index (χ0) is 26.3. The molecule has 37 heavy (non-hydrogen) atoms. The van der Waals surface area contributed by atoms with Gasteiger partial charge in [0.2, 0.25) is 15.9 Å². The molecule has 2 aliphatic rings. The molecule has 0 saturated carbocycles. The minimum atomic E-state index is -4.00. The van der Waals surface area contributed by atoms with Crippen LogP contribution in [-0.4, -0.2) is 56.0 Å². The molecule has 198 valence electrons. The fourth-order valence-corrected chi connectivity index (χ4v) is 7.43. The Bertz CT molecular complexity index is 1390. The van der Waals surface area contributed by atoms with E-state index in [9.17, 15) is 22.0 Å². The maximum Gasteiger partial charge on any atom is 0.243 e. The number of benzene rings is 2. The molecule has 1 unspecified atom stereocenters. The largest absolute Gasteiger partial charge is 0.376 e. The van der Waals surface area contributed by atoms with Gasteiger partial charge in [-0.05, 0) is 81.0 Å². The Morgan fingerprint density at radius 2 is 1.84 bits per heavy atom. The van der Waals surface area contributed by atoms with E-state index in [0.29, 0.717) is 37.2 Å². The van der Waals surface area contributed by atoms with Gasteiger partial charge in [-0.3, -0.25) is 9.69 Å². The number of anilines is 1. The van der Waals surface area contributed by atoms with Crippen LogP contribution in [0.25, 0.3) is 10.2 Å². The molecule has 1 aromatic heterocycles. The summed E-state index contributed by atoms with van der Waals surface area (Å²) in [5.74, 6) is -2.78. The van der Waals surface area contributed by atoms with E-state index in [2.05, 4.69) is 6.07 Å². The van der Waals surface area contributed by atoms with E-state index in [1.54, 1.807) is 4.90 Å². The fourth-order valence-electron chi connectivity index (χ4n) is 4.89. The third-order valence-electron chi connectivity index (χ3n) is 7.23. The van der Waals surface area contributed by atoms with E-state index >= 15 is 0 Å². The van der Waals surface area contributed by atoms with Crippen molar-refractivity contribution >= 4 is 42.6 Å². The normalized spacial score (nSPS) is 19.5. The second-order valence-corrected chi connectivity index (χ2v) is 12.7. The van der Waals surface area contributed by atoms with Crippen LogP contribution < -0.4 is 4.90 Å². The molecule has 0 aliphatic carbocycles. The minimum Gasteiger partial charge on any atom is -0.376 e. The van der Waals surface area contributed by atoms with Crippen LogP contribution in [0.1, 0.15) is 36.8 Å². The first-order chi connectivity index (χ1) is 17.6. The molecular weight excluding hydrogens is 520 g/mol. The van der Waals surface area contributed by atoms with Crippen molar-refractivity contribution in [1.29, 1.82) is 0 Å². The maximum absolute atomic E-state index is 13.8. The number of hydrogen-bond donors (Lipinski definition) is 0. The van der Waals surface area contributed by atoms with Crippen molar-refractivity contribution in [3.05, 3.63) is 53.1 Å². The van der Waals surface area contributed by atoms with Crippen LogP contribution in [0.5, 0.6) is 0 Å². The molecule has 1 atom stereocenters. The Kier molecular flexibility index (Phi) is 7.32. The molecular formula is C26H29F2N3O4S2. The molecule has 2 aromatic carbocycles. The minimum absolute atomic E-state index is 0.0618. The number of carbonyl (C=O) groups is 1. The van der Waals surface area contributed by atoms with E-state index in [1.807, 2.05) is 19.9 Å². The van der Waals surface area contributed by atoms with Crippen LogP contribution in [0, 0.1) is 31.4 Å². The maximum atomic E-state index is 13.8. The lowest BCUT2D eigenvalue weighted by atomic mass is 9.96. The Hall–Kier alpha value is -2.47. The van der Waals surface area contributed by atoms with Gasteiger partial charge in [-0.1, -0.05) is 11.3 Å². The third kappa shape index (κ3) is 5.27. The number of aromatic nitrogens is 1. The number of fused-ring (bicyclic) bond motifs is 1. The van der Waals surface area contributed by atoms with Crippen LogP contribution in [0.2, 0.25) is 0 Å². The number of aryl methyl sites for hydroxylation is 2. The molecule has 11 heteroatoms. The zero-order valence-corrected chi connectivity index (χ0v) is 22.4. The predicted molar refractivity (Wildman–Crippen MR) is 138 cm³/mol. The highest BCUT2D eigenvalue weighted by Crippen LogP contribution is 2.34. The molecule has 2 fully saturated rings. The Morgan fingerprint density at radius 1 is 1.11 bits per heavy atom. The molecule has 1 amide bonds. The molecule has 2 saturated heterocycles. The number of carbonyl (C=O) groups excluding carboxylic acids is 1. The first-order valence-corrected chi connectivity index (χ1v) is 14.6. The Morgan fingerprint density at radius 3 is 2.51 bits per heavy atom. The number of amides is 1. The van der Waals surface area contributed by atoms with E-state index in [0.717, 1.165) is 46.3 Å². The summed E-state index contributed by atoms with van der Waals surface area (Å²) in [7, 11) is -4.00. The van der Waals surface area contributed by atoms with Gasteiger partial charge in [0.15, 0.2) is 16.8 Å². The molecule has 3 aromatic rings. The molecule has 0 N–H and O–H groups in total. The topological polar surface area (TPSA) is 79.8 Å². The van der Waals surface area contributed by atoms with Crippen molar-refractivity contribution < 1.29 is 26.7 Å². The molecule has 0 radical (unpaired) electrons. The van der Waals surface area contributed by atoms with Gasteiger partial charge in [0.05, 0.1) is 27.8 Å². The summed E-state index contributed by atoms with van der Waals surface area (Å²) in [4.78, 5) is 20.0. The standard InChI is InChI=1S/C26H29F2N3O4S2/c1-16-12-23-24(13-17(16)2)36-26(29-23)31(15-19-4-3-11-35-19)25(32)18-7-9-30(10-8-18)37(33,34)20-5-6-21(27)22(28)14-20/h5-6,12-14,18-19H,3-4,7-11,15H2,1-2H3. The van der Waals surface area contributed by atoms with Gasteiger partial charge in [-0.15, -0.1) is 0 Å². The van der Waals surface area contributed by atoms with Gasteiger partial charge >= 0.3 is 0 Å². The predicted octanol–water partition coefficient (Wildman–Crippen LogP) is 4.80.